The van der Waals surface area contributed by atoms with Gasteiger partial charge in [0.15, 0.2) is 0 Å². The van der Waals surface area contributed by atoms with Gasteiger partial charge in [0.1, 0.15) is 0 Å². The van der Waals surface area contributed by atoms with Gasteiger partial charge in [0.05, 0.1) is 0 Å². The van der Waals surface area contributed by atoms with Crippen LogP contribution in [0.15, 0.2) is 243 Å². The van der Waals surface area contributed by atoms with Crippen molar-refractivity contribution in [3.8, 4) is 66.8 Å². The summed E-state index contributed by atoms with van der Waals surface area (Å²) in [6, 6.07) is 95.1. The Balaban J connectivity index is 0.000000167. The second kappa shape index (κ2) is 30.9. The van der Waals surface area contributed by atoms with Crippen LogP contribution < -0.4 is 9.80 Å². The Kier molecular flexibility index (Phi) is 21.0. The van der Waals surface area contributed by atoms with E-state index in [1.54, 1.807) is 16.7 Å². The summed E-state index contributed by atoms with van der Waals surface area (Å²) >= 11 is 0. The van der Waals surface area contributed by atoms with Gasteiger partial charge in [-0.25, -0.2) is 0 Å². The number of fused-ring (bicyclic) bond motifs is 8. The van der Waals surface area contributed by atoms with Crippen molar-refractivity contribution in [1.82, 2.24) is 0 Å². The van der Waals surface area contributed by atoms with E-state index in [0.29, 0.717) is 11.8 Å². The molecule has 0 unspecified atom stereocenters. The molecule has 0 saturated heterocycles. The van der Waals surface area contributed by atoms with Gasteiger partial charge in [-0.15, -0.1) is 0 Å². The summed E-state index contributed by atoms with van der Waals surface area (Å²) < 4.78 is 0. The summed E-state index contributed by atoms with van der Waals surface area (Å²) in [4.78, 5) is 5.04. The minimum atomic E-state index is -0.0639. The number of aryl methyl sites for hydroxylation is 1. The van der Waals surface area contributed by atoms with Crippen LogP contribution in [0.4, 0.5) is 34.1 Å². The van der Waals surface area contributed by atoms with Gasteiger partial charge in [0.2, 0.25) is 0 Å². The van der Waals surface area contributed by atoms with Gasteiger partial charge in [-0.3, -0.25) is 0 Å². The first kappa shape index (κ1) is 78.7. The molecule has 0 aliphatic heterocycles. The molecule has 0 heterocycles. The second-order valence-electron chi connectivity index (χ2n) is 40.7. The molecule has 0 radical (unpaired) electrons. The minimum Gasteiger partial charge on any atom is -0.310 e. The summed E-state index contributed by atoms with van der Waals surface area (Å²) in [6.07, 6.45) is 22.9. The first-order valence-corrected chi connectivity index (χ1v) is 44.7. The largest absolute Gasteiger partial charge is 0.310 e. The zero-order valence-electron chi connectivity index (χ0n) is 72.9. The third kappa shape index (κ3) is 15.3. The smallest absolute Gasteiger partial charge is 0.0465 e. The van der Waals surface area contributed by atoms with Crippen molar-refractivity contribution in [1.29, 1.82) is 0 Å². The first-order valence-electron chi connectivity index (χ1n) is 44.7. The zero-order chi connectivity index (χ0) is 80.8. The molecule has 6 aliphatic carbocycles. The monoisotopic (exact) mass is 1520 g/mol. The lowest BCUT2D eigenvalue weighted by Gasteiger charge is -2.30. The van der Waals surface area contributed by atoms with Crippen molar-refractivity contribution in [2.75, 3.05) is 9.80 Å². The average Bonchev–Trinajstić information content (AvgIpc) is 1.52. The molecule has 2 heteroatoms. The molecule has 6 aliphatic rings. The average molecular weight is 1520 g/mol. The van der Waals surface area contributed by atoms with E-state index < -0.39 is 0 Å². The van der Waals surface area contributed by atoms with E-state index in [0.717, 1.165) is 25.7 Å². The molecular weight excluding hydrogens is 1400 g/mol. The SMILES string of the molecule is CC(C)(C)c1cc(-c2cc3c(c(-c4ccc(N(c5cccc(C6CCCCC6)c5)c5ccc6c(c5)C(C)(C)c5ccccc5-6)cc4)c2)CCCC3)cc(C(C)(C)C)c1.CC(C)(C)c1cc(-c2ccc(-c3ccc(N(c4cccc(C5CCCCC5)c4)c4ccc5c(c4)C(C)(C)c4ccccc4-5)cc3)c3c2CCCC3)cc(C(C)(C)C)c1. The van der Waals surface area contributed by atoms with E-state index in [2.05, 4.69) is 363 Å². The van der Waals surface area contributed by atoms with Gasteiger partial charge in [0.25, 0.3) is 0 Å². The molecule has 0 bridgehead atoms. The number of rotatable bonds is 12. The fourth-order valence-electron chi connectivity index (χ4n) is 20.9. The highest BCUT2D eigenvalue weighted by Gasteiger charge is 2.39. The van der Waals surface area contributed by atoms with E-state index in [1.165, 1.54) is 252 Å². The van der Waals surface area contributed by atoms with Crippen molar-refractivity contribution >= 4 is 34.1 Å². The van der Waals surface area contributed by atoms with Crippen molar-refractivity contribution < 1.29 is 0 Å². The fraction of sp³-hybridized carbons (Fsp3) is 0.368. The molecule has 0 spiro atoms. The topological polar surface area (TPSA) is 6.48 Å². The van der Waals surface area contributed by atoms with E-state index in [1.807, 2.05) is 0 Å². The molecule has 0 N–H and O–H groups in total. The molecule has 2 saturated carbocycles. The molecule has 0 amide bonds. The molecule has 0 aromatic heterocycles. The normalized spacial score (nSPS) is 16.4. The Morgan fingerprint density at radius 3 is 1.02 bits per heavy atom. The van der Waals surface area contributed by atoms with Crippen LogP contribution >= 0.6 is 0 Å². The molecule has 12 aromatic rings. The lowest BCUT2D eigenvalue weighted by molar-refractivity contribution is 0.443. The van der Waals surface area contributed by atoms with Crippen LogP contribution in [-0.2, 0) is 58.2 Å². The van der Waals surface area contributed by atoms with E-state index in [-0.39, 0.29) is 32.5 Å². The number of benzene rings is 12. The van der Waals surface area contributed by atoms with Crippen LogP contribution in [0.1, 0.15) is 290 Å². The highest BCUT2D eigenvalue weighted by molar-refractivity contribution is 5.90. The Morgan fingerprint density at radius 2 is 0.586 bits per heavy atom. The summed E-state index contributed by atoms with van der Waals surface area (Å²) in [7, 11) is 0. The molecule has 18 rings (SSSR count). The molecule has 2 fully saturated rings. The lowest BCUT2D eigenvalue weighted by Crippen LogP contribution is -2.17. The molecule has 2 nitrogen and oxygen atoms in total. The summed E-state index contributed by atoms with van der Waals surface area (Å²) in [5, 5.41) is 0. The zero-order valence-corrected chi connectivity index (χ0v) is 72.9. The maximum absolute atomic E-state index is 2.52. The molecule has 592 valence electrons. The Hall–Kier alpha value is -9.76. The second-order valence-corrected chi connectivity index (χ2v) is 40.7. The molecular formula is C114H126N2. The standard InChI is InChI=1S/2C57H63N/c1-55(2,3)42-33-41(34-43(36-42)56(4,5)6)48-32-31-47(49-21-12-13-22-50(48)49)39-25-27-44(28-26-39)58(45-20-16-19-40(35-45)38-17-10-9-11-18-38)46-29-30-52-51-23-14-15-24-53(51)57(7,8)54(52)37-46;1-55(2,3)44-32-43(33-45(36-44)56(4,5)6)42-31-41-19-12-13-22-49(41)52(35-42)39-25-27-46(28-26-39)58(47-21-16-20-40(34-47)38-17-10-9-11-18-38)48-29-30-51-50-23-14-15-24-53(50)57(7,8)54(51)37-48/h14-16,19-20,23-38H,9-13,17-18,21-22H2,1-8H3;14-16,20-21,23-38H,9-13,17-19,22H2,1-8H3. The first-order chi connectivity index (χ1) is 55.5. The van der Waals surface area contributed by atoms with Crippen LogP contribution in [0, 0.1) is 0 Å². The van der Waals surface area contributed by atoms with Crippen LogP contribution in [0.5, 0.6) is 0 Å². The fourth-order valence-corrected chi connectivity index (χ4v) is 20.9. The quantitative estimate of drug-likeness (QED) is 0.120. The Morgan fingerprint density at radius 1 is 0.241 bits per heavy atom. The lowest BCUT2D eigenvalue weighted by atomic mass is 9.77. The van der Waals surface area contributed by atoms with Gasteiger partial charge in [-0.05, 0) is 334 Å². The summed E-state index contributed by atoms with van der Waals surface area (Å²) in [6.45, 7) is 37.7. The van der Waals surface area contributed by atoms with Crippen LogP contribution in [0.3, 0.4) is 0 Å². The molecule has 116 heavy (non-hydrogen) atoms. The van der Waals surface area contributed by atoms with Gasteiger partial charge >= 0.3 is 0 Å². The minimum absolute atomic E-state index is 0.0605. The van der Waals surface area contributed by atoms with Gasteiger partial charge in [-0.1, -0.05) is 313 Å². The van der Waals surface area contributed by atoms with Crippen LogP contribution in [0.2, 0.25) is 0 Å². The predicted molar refractivity (Wildman–Crippen MR) is 499 cm³/mol. The summed E-state index contributed by atoms with van der Waals surface area (Å²) in [5.41, 5.74) is 44.4. The summed E-state index contributed by atoms with van der Waals surface area (Å²) in [5.74, 6) is 1.30. The van der Waals surface area contributed by atoms with Crippen LogP contribution in [-0.4, -0.2) is 0 Å². The predicted octanol–water partition coefficient (Wildman–Crippen LogP) is 32.6. The number of nitrogens with zero attached hydrogens (tertiary/aromatic N) is 2. The Bertz CT molecular complexity index is 5590. The Labute approximate surface area is 697 Å². The van der Waals surface area contributed by atoms with Crippen molar-refractivity contribution in [3.63, 3.8) is 0 Å². The van der Waals surface area contributed by atoms with E-state index in [4.69, 9.17) is 0 Å². The maximum atomic E-state index is 2.52. The third-order valence-electron chi connectivity index (χ3n) is 27.9. The van der Waals surface area contributed by atoms with Gasteiger partial charge in [0, 0.05) is 45.0 Å². The van der Waals surface area contributed by atoms with Crippen molar-refractivity contribution in [2.45, 2.75) is 271 Å². The van der Waals surface area contributed by atoms with Crippen molar-refractivity contribution in [2.24, 2.45) is 0 Å². The highest BCUT2D eigenvalue weighted by atomic mass is 15.1. The maximum Gasteiger partial charge on any atom is 0.0465 e. The number of hydrogen-bond acceptors (Lipinski definition) is 2. The van der Waals surface area contributed by atoms with E-state index >= 15 is 0 Å². The van der Waals surface area contributed by atoms with Gasteiger partial charge < -0.3 is 9.80 Å². The van der Waals surface area contributed by atoms with Crippen molar-refractivity contribution in [3.05, 3.63) is 321 Å². The molecule has 0 atom stereocenters. The highest BCUT2D eigenvalue weighted by Crippen LogP contribution is 2.55. The molecule has 12 aromatic carbocycles. The number of anilines is 6. The third-order valence-corrected chi connectivity index (χ3v) is 27.9. The number of hydrogen-bond donors (Lipinski definition) is 0. The van der Waals surface area contributed by atoms with E-state index in [9.17, 15) is 0 Å². The van der Waals surface area contributed by atoms with Crippen LogP contribution in [0.25, 0.3) is 66.8 Å². The van der Waals surface area contributed by atoms with Gasteiger partial charge in [-0.2, -0.15) is 0 Å².